The number of anilines is 1. The summed E-state index contributed by atoms with van der Waals surface area (Å²) in [5, 5.41) is 10.3. The average molecular weight is 465 g/mol. The number of phenolic OH excluding ortho intramolecular Hbond substituents is 1. The number of amides is 1. The number of nitrogens with zero attached hydrogens (tertiary/aromatic N) is 2. The van der Waals surface area contributed by atoms with Crippen molar-refractivity contribution >= 4 is 40.1 Å². The molecule has 6 nitrogen and oxygen atoms in total. The summed E-state index contributed by atoms with van der Waals surface area (Å²) < 4.78 is 5.53. The maximum atomic E-state index is 13.3. The van der Waals surface area contributed by atoms with E-state index < -0.39 is 5.97 Å². The summed E-state index contributed by atoms with van der Waals surface area (Å²) in [6.45, 7) is -0.355. The van der Waals surface area contributed by atoms with Gasteiger partial charge >= 0.3 is 5.97 Å². The van der Waals surface area contributed by atoms with Crippen molar-refractivity contribution in [1.29, 1.82) is 0 Å². The molecule has 0 bridgehead atoms. The van der Waals surface area contributed by atoms with Crippen molar-refractivity contribution in [2.75, 3.05) is 18.6 Å². The Morgan fingerprint density at radius 1 is 0.971 bits per heavy atom. The van der Waals surface area contributed by atoms with Gasteiger partial charge in [0.05, 0.1) is 16.8 Å². The van der Waals surface area contributed by atoms with Gasteiger partial charge in [0.25, 0.3) is 5.91 Å². The van der Waals surface area contributed by atoms with Gasteiger partial charge in [-0.15, -0.1) is 0 Å². The summed E-state index contributed by atoms with van der Waals surface area (Å²) in [6.07, 6.45) is 3.41. The molecule has 6 heteroatoms. The Labute approximate surface area is 203 Å². The lowest BCUT2D eigenvalue weighted by atomic mass is 10.0. The Bertz CT molecular complexity index is 1440. The topological polar surface area (TPSA) is 79.7 Å². The highest BCUT2D eigenvalue weighted by atomic mass is 16.5. The molecule has 4 aromatic rings. The zero-order valence-electron chi connectivity index (χ0n) is 19.3. The number of fused-ring (bicyclic) bond motifs is 2. The number of para-hydroxylation sites is 2. The Hall–Kier alpha value is -4.45. The molecule has 0 saturated heterocycles. The first kappa shape index (κ1) is 22.3. The molecule has 1 aromatic heterocycles. The lowest BCUT2D eigenvalue weighted by Crippen LogP contribution is -2.31. The molecule has 5 rings (SSSR count). The lowest BCUT2D eigenvalue weighted by molar-refractivity contribution is -0.121. The quantitative estimate of drug-likeness (QED) is 0.408. The first-order chi connectivity index (χ1) is 17.0. The van der Waals surface area contributed by atoms with E-state index in [9.17, 15) is 14.7 Å². The second-order valence-electron chi connectivity index (χ2n) is 8.46. The molecule has 1 aliphatic carbocycles. The third-order valence-electron chi connectivity index (χ3n) is 6.22. The van der Waals surface area contributed by atoms with E-state index in [2.05, 4.69) is 0 Å². The molecule has 0 aliphatic heterocycles. The minimum Gasteiger partial charge on any atom is -0.508 e. The summed E-state index contributed by atoms with van der Waals surface area (Å²) in [7, 11) is 1.66. The number of rotatable bonds is 5. The Morgan fingerprint density at radius 2 is 1.69 bits per heavy atom. The fourth-order valence-electron chi connectivity index (χ4n) is 4.38. The normalized spacial score (nSPS) is 13.6. The Balaban J connectivity index is 1.45. The number of pyridine rings is 1. The zero-order chi connectivity index (χ0) is 24.4. The van der Waals surface area contributed by atoms with E-state index >= 15 is 0 Å². The number of allylic oxidation sites excluding steroid dienone is 1. The standard InChI is InChI=1S/C29H24N2O4/c1-31(21-7-3-2-4-8-21)26(33)18-35-29(34)27-23-9-5-6-10-25(23)30-28-20(13-16-24(27)28)17-19-11-14-22(32)15-12-19/h2-12,14-15,17,32H,13,16,18H2,1H3/b20-17+. The van der Waals surface area contributed by atoms with Crippen LogP contribution in [-0.2, 0) is 16.0 Å². The third kappa shape index (κ3) is 4.51. The smallest absolute Gasteiger partial charge is 0.339 e. The van der Waals surface area contributed by atoms with Crippen LogP contribution in [-0.4, -0.2) is 35.6 Å². The number of esters is 1. The van der Waals surface area contributed by atoms with Crippen LogP contribution in [0.2, 0.25) is 0 Å². The van der Waals surface area contributed by atoms with Crippen molar-refractivity contribution in [3.8, 4) is 5.75 Å². The molecule has 1 N–H and O–H groups in total. The van der Waals surface area contributed by atoms with E-state index in [1.165, 1.54) is 4.90 Å². The fraction of sp³-hybridized carbons (Fsp3) is 0.138. The molecule has 1 aliphatic rings. The Kier molecular flexibility index (Phi) is 6.02. The van der Waals surface area contributed by atoms with E-state index in [0.29, 0.717) is 22.9 Å². The number of likely N-dealkylation sites (N-methyl/N-ethyl adjacent to an activating group) is 1. The van der Waals surface area contributed by atoms with Gasteiger partial charge in [0.1, 0.15) is 5.75 Å². The third-order valence-corrected chi connectivity index (χ3v) is 6.22. The van der Waals surface area contributed by atoms with Gasteiger partial charge in [-0.25, -0.2) is 9.78 Å². The van der Waals surface area contributed by atoms with Gasteiger partial charge in [-0.2, -0.15) is 0 Å². The second kappa shape index (κ2) is 9.43. The van der Waals surface area contributed by atoms with E-state index in [4.69, 9.17) is 9.72 Å². The molecule has 35 heavy (non-hydrogen) atoms. The van der Waals surface area contributed by atoms with Gasteiger partial charge in [-0.05, 0) is 65.9 Å². The number of ether oxygens (including phenoxy) is 1. The van der Waals surface area contributed by atoms with Crippen molar-refractivity contribution in [1.82, 2.24) is 4.98 Å². The summed E-state index contributed by atoms with van der Waals surface area (Å²) in [5.74, 6) is -0.631. The van der Waals surface area contributed by atoms with Gasteiger partial charge in [0.15, 0.2) is 6.61 Å². The first-order valence-corrected chi connectivity index (χ1v) is 11.4. The van der Waals surface area contributed by atoms with Gasteiger partial charge in [0, 0.05) is 18.1 Å². The van der Waals surface area contributed by atoms with Crippen LogP contribution in [0.25, 0.3) is 22.6 Å². The van der Waals surface area contributed by atoms with Crippen molar-refractivity contribution in [3.63, 3.8) is 0 Å². The maximum absolute atomic E-state index is 13.3. The molecule has 0 unspecified atom stereocenters. The number of phenols is 1. The zero-order valence-corrected chi connectivity index (χ0v) is 19.3. The van der Waals surface area contributed by atoms with Crippen molar-refractivity contribution in [2.45, 2.75) is 12.8 Å². The number of benzene rings is 3. The van der Waals surface area contributed by atoms with Crippen molar-refractivity contribution < 1.29 is 19.4 Å². The minimum absolute atomic E-state index is 0.209. The van der Waals surface area contributed by atoms with Crippen LogP contribution in [0.15, 0.2) is 78.9 Å². The molecule has 0 saturated carbocycles. The van der Waals surface area contributed by atoms with Crippen LogP contribution in [0.5, 0.6) is 5.75 Å². The average Bonchev–Trinajstić information content (AvgIpc) is 3.28. The highest BCUT2D eigenvalue weighted by molar-refractivity contribution is 6.08. The van der Waals surface area contributed by atoms with Gasteiger partial charge in [0.2, 0.25) is 0 Å². The van der Waals surface area contributed by atoms with E-state index in [1.807, 2.05) is 72.8 Å². The SMILES string of the molecule is CN(C(=O)COC(=O)c1c2c(nc3ccccc13)/C(=C/c1ccc(O)cc1)CC2)c1ccccc1. The van der Waals surface area contributed by atoms with Gasteiger partial charge in [-0.1, -0.05) is 48.5 Å². The molecule has 0 spiro atoms. The van der Waals surface area contributed by atoms with Crippen LogP contribution in [0, 0.1) is 0 Å². The molecule has 0 atom stereocenters. The molecule has 1 heterocycles. The summed E-state index contributed by atoms with van der Waals surface area (Å²) in [6, 6.07) is 23.7. The highest BCUT2D eigenvalue weighted by Crippen LogP contribution is 2.38. The summed E-state index contributed by atoms with van der Waals surface area (Å²) >= 11 is 0. The van der Waals surface area contributed by atoms with Crippen LogP contribution < -0.4 is 4.90 Å². The Morgan fingerprint density at radius 3 is 2.46 bits per heavy atom. The predicted molar refractivity (Wildman–Crippen MR) is 136 cm³/mol. The fourth-order valence-corrected chi connectivity index (χ4v) is 4.38. The van der Waals surface area contributed by atoms with Crippen LogP contribution >= 0.6 is 0 Å². The lowest BCUT2D eigenvalue weighted by Gasteiger charge is -2.17. The highest BCUT2D eigenvalue weighted by Gasteiger charge is 2.28. The molecular formula is C29H24N2O4. The van der Waals surface area contributed by atoms with Crippen LogP contribution in [0.3, 0.4) is 0 Å². The monoisotopic (exact) mass is 464 g/mol. The van der Waals surface area contributed by atoms with Crippen LogP contribution in [0.4, 0.5) is 5.69 Å². The summed E-state index contributed by atoms with van der Waals surface area (Å²) in [5.41, 5.74) is 5.47. The molecule has 1 amide bonds. The predicted octanol–water partition coefficient (Wildman–Crippen LogP) is 5.25. The molecule has 3 aromatic carbocycles. The van der Waals surface area contributed by atoms with E-state index in [-0.39, 0.29) is 18.3 Å². The van der Waals surface area contributed by atoms with Gasteiger partial charge < -0.3 is 14.7 Å². The molecule has 0 fully saturated rings. The van der Waals surface area contributed by atoms with Crippen molar-refractivity contribution in [3.05, 3.63) is 101 Å². The van der Waals surface area contributed by atoms with E-state index in [1.54, 1.807) is 19.2 Å². The second-order valence-corrected chi connectivity index (χ2v) is 8.46. The van der Waals surface area contributed by atoms with Crippen LogP contribution in [0.1, 0.15) is 33.6 Å². The number of aromatic nitrogens is 1. The van der Waals surface area contributed by atoms with Crippen molar-refractivity contribution in [2.24, 2.45) is 0 Å². The largest absolute Gasteiger partial charge is 0.508 e. The number of hydrogen-bond acceptors (Lipinski definition) is 5. The number of carbonyl (C=O) groups is 2. The van der Waals surface area contributed by atoms with Gasteiger partial charge in [-0.3, -0.25) is 4.79 Å². The number of aromatic hydroxyl groups is 1. The number of hydrogen-bond donors (Lipinski definition) is 1. The molecular weight excluding hydrogens is 440 g/mol. The minimum atomic E-state index is -0.527. The maximum Gasteiger partial charge on any atom is 0.339 e. The van der Waals surface area contributed by atoms with E-state index in [0.717, 1.165) is 34.5 Å². The molecule has 174 valence electrons. The summed E-state index contributed by atoms with van der Waals surface area (Å²) in [4.78, 5) is 32.3. The number of carbonyl (C=O) groups excluding carboxylic acids is 2. The molecule has 0 radical (unpaired) electrons. The first-order valence-electron chi connectivity index (χ1n) is 11.4.